The van der Waals surface area contributed by atoms with Crippen molar-refractivity contribution in [3.63, 3.8) is 0 Å². The summed E-state index contributed by atoms with van der Waals surface area (Å²) in [5.41, 5.74) is 2.15. The highest BCUT2D eigenvalue weighted by Crippen LogP contribution is 2.28. The van der Waals surface area contributed by atoms with Gasteiger partial charge in [0.25, 0.3) is 0 Å². The number of halogens is 1. The molecule has 2 rings (SSSR count). The van der Waals surface area contributed by atoms with Gasteiger partial charge < -0.3 is 4.90 Å². The number of hydrogen-bond donors (Lipinski definition) is 0. The lowest BCUT2D eigenvalue weighted by atomic mass is 10.1. The third-order valence-corrected chi connectivity index (χ3v) is 4.26. The lowest BCUT2D eigenvalue weighted by molar-refractivity contribution is 0.596. The Kier molecular flexibility index (Phi) is 3.90. The van der Waals surface area contributed by atoms with E-state index in [0.717, 1.165) is 37.2 Å². The first-order valence-electron chi connectivity index (χ1n) is 6.17. The van der Waals surface area contributed by atoms with Crippen molar-refractivity contribution >= 4 is 15.5 Å². The van der Waals surface area contributed by atoms with E-state index in [0.29, 0.717) is 6.42 Å². The Bertz CT molecular complexity index is 528. The van der Waals surface area contributed by atoms with Crippen molar-refractivity contribution in [1.82, 2.24) is 0 Å². The minimum absolute atomic E-state index is 0.187. The first-order chi connectivity index (χ1) is 8.46. The Morgan fingerprint density at radius 2 is 2.11 bits per heavy atom. The van der Waals surface area contributed by atoms with Crippen molar-refractivity contribution in [2.75, 3.05) is 30.0 Å². The van der Waals surface area contributed by atoms with Crippen molar-refractivity contribution in [2.24, 2.45) is 0 Å². The van der Waals surface area contributed by atoms with Gasteiger partial charge in [-0.3, -0.25) is 0 Å². The number of unbranched alkanes of at least 4 members (excludes halogenated alkanes) is 1. The molecule has 1 aliphatic heterocycles. The van der Waals surface area contributed by atoms with Crippen LogP contribution in [-0.4, -0.2) is 33.5 Å². The number of benzene rings is 1. The van der Waals surface area contributed by atoms with Crippen LogP contribution in [0.5, 0.6) is 0 Å². The molecule has 0 aliphatic carbocycles. The summed E-state index contributed by atoms with van der Waals surface area (Å²) in [7, 11) is -2.85. The molecule has 0 bridgehead atoms. The van der Waals surface area contributed by atoms with Crippen molar-refractivity contribution in [3.05, 3.63) is 29.6 Å². The van der Waals surface area contributed by atoms with Gasteiger partial charge in [0.1, 0.15) is 15.7 Å². The van der Waals surface area contributed by atoms with Gasteiger partial charge in [-0.25, -0.2) is 12.8 Å². The van der Waals surface area contributed by atoms with E-state index >= 15 is 0 Å². The van der Waals surface area contributed by atoms with Gasteiger partial charge >= 0.3 is 0 Å². The summed E-state index contributed by atoms with van der Waals surface area (Å²) < 4.78 is 35.1. The number of nitrogens with zero attached hydrogens (tertiary/aromatic N) is 1. The standard InChI is InChI=1S/C13H18FNO2S/c1-18(16,17)9-3-2-7-15-8-6-11-10-12(14)4-5-13(11)15/h4-5,10H,2-3,6-9H2,1H3. The van der Waals surface area contributed by atoms with E-state index in [2.05, 4.69) is 4.90 Å². The molecule has 0 radical (unpaired) electrons. The average molecular weight is 271 g/mol. The summed E-state index contributed by atoms with van der Waals surface area (Å²) in [6.07, 6.45) is 3.68. The molecule has 100 valence electrons. The molecule has 0 N–H and O–H groups in total. The molecular formula is C13H18FNO2S. The minimum atomic E-state index is -2.85. The first kappa shape index (κ1) is 13.3. The van der Waals surface area contributed by atoms with Crippen LogP contribution < -0.4 is 4.90 Å². The summed E-state index contributed by atoms with van der Waals surface area (Å²) in [4.78, 5) is 2.21. The zero-order valence-corrected chi connectivity index (χ0v) is 11.3. The van der Waals surface area contributed by atoms with Crippen LogP contribution in [0, 0.1) is 5.82 Å². The number of sulfone groups is 1. The highest BCUT2D eigenvalue weighted by molar-refractivity contribution is 7.90. The van der Waals surface area contributed by atoms with Crippen LogP contribution >= 0.6 is 0 Å². The summed E-state index contributed by atoms with van der Waals surface area (Å²) in [5.74, 6) is 0.0598. The SMILES string of the molecule is CS(=O)(=O)CCCCN1CCc2cc(F)ccc21. The molecule has 0 atom stereocenters. The van der Waals surface area contributed by atoms with Gasteiger partial charge in [0.15, 0.2) is 0 Å². The largest absolute Gasteiger partial charge is 0.371 e. The number of anilines is 1. The van der Waals surface area contributed by atoms with E-state index in [-0.39, 0.29) is 11.6 Å². The molecular weight excluding hydrogens is 253 g/mol. The summed E-state index contributed by atoms with van der Waals surface area (Å²) >= 11 is 0. The Hall–Kier alpha value is -1.10. The highest BCUT2D eigenvalue weighted by Gasteiger charge is 2.18. The summed E-state index contributed by atoms with van der Waals surface area (Å²) in [5, 5.41) is 0. The average Bonchev–Trinajstić information content (AvgIpc) is 2.65. The second-order valence-electron chi connectivity index (χ2n) is 4.85. The monoisotopic (exact) mass is 271 g/mol. The fourth-order valence-corrected chi connectivity index (χ4v) is 3.07. The van der Waals surface area contributed by atoms with E-state index in [1.165, 1.54) is 12.3 Å². The molecule has 0 saturated heterocycles. The van der Waals surface area contributed by atoms with Gasteiger partial charge in [-0.05, 0) is 43.0 Å². The minimum Gasteiger partial charge on any atom is -0.371 e. The number of hydrogen-bond acceptors (Lipinski definition) is 3. The quantitative estimate of drug-likeness (QED) is 0.769. The molecule has 1 aromatic rings. The number of rotatable bonds is 5. The first-order valence-corrected chi connectivity index (χ1v) is 8.23. The van der Waals surface area contributed by atoms with Gasteiger partial charge in [-0.2, -0.15) is 0 Å². The molecule has 0 unspecified atom stereocenters. The molecule has 5 heteroatoms. The second kappa shape index (κ2) is 5.26. The van der Waals surface area contributed by atoms with E-state index < -0.39 is 9.84 Å². The Balaban J connectivity index is 1.87. The van der Waals surface area contributed by atoms with E-state index in [1.54, 1.807) is 6.07 Å². The fraction of sp³-hybridized carbons (Fsp3) is 0.538. The predicted molar refractivity (Wildman–Crippen MR) is 71.3 cm³/mol. The van der Waals surface area contributed by atoms with Crippen LogP contribution in [0.15, 0.2) is 18.2 Å². The van der Waals surface area contributed by atoms with Crippen molar-refractivity contribution < 1.29 is 12.8 Å². The lowest BCUT2D eigenvalue weighted by Crippen LogP contribution is -2.22. The van der Waals surface area contributed by atoms with Gasteiger partial charge in [0, 0.05) is 30.8 Å². The van der Waals surface area contributed by atoms with Crippen LogP contribution in [-0.2, 0) is 16.3 Å². The Morgan fingerprint density at radius 1 is 1.33 bits per heavy atom. The van der Waals surface area contributed by atoms with Crippen molar-refractivity contribution in [1.29, 1.82) is 0 Å². The molecule has 1 heterocycles. The third-order valence-electron chi connectivity index (χ3n) is 3.23. The highest BCUT2D eigenvalue weighted by atomic mass is 32.2. The second-order valence-corrected chi connectivity index (χ2v) is 7.11. The zero-order valence-electron chi connectivity index (χ0n) is 10.5. The molecule has 18 heavy (non-hydrogen) atoms. The molecule has 0 aromatic heterocycles. The Morgan fingerprint density at radius 3 is 2.83 bits per heavy atom. The van der Waals surface area contributed by atoms with E-state index in [1.807, 2.05) is 6.07 Å². The molecule has 1 aromatic carbocycles. The summed E-state index contributed by atoms with van der Waals surface area (Å²) in [6.45, 7) is 1.74. The Labute approximate surface area is 108 Å². The van der Waals surface area contributed by atoms with E-state index in [4.69, 9.17) is 0 Å². The molecule has 0 fully saturated rings. The maximum Gasteiger partial charge on any atom is 0.147 e. The zero-order chi connectivity index (χ0) is 13.2. The molecule has 0 saturated carbocycles. The van der Waals surface area contributed by atoms with Crippen LogP contribution in [0.1, 0.15) is 18.4 Å². The molecule has 1 aliphatic rings. The van der Waals surface area contributed by atoms with Crippen molar-refractivity contribution in [2.45, 2.75) is 19.3 Å². The summed E-state index contributed by atoms with van der Waals surface area (Å²) in [6, 6.07) is 4.88. The van der Waals surface area contributed by atoms with Crippen molar-refractivity contribution in [3.8, 4) is 0 Å². The van der Waals surface area contributed by atoms with Crippen LogP contribution in [0.4, 0.5) is 10.1 Å². The molecule has 0 spiro atoms. The van der Waals surface area contributed by atoms with Crippen LogP contribution in [0.3, 0.4) is 0 Å². The maximum absolute atomic E-state index is 13.0. The lowest BCUT2D eigenvalue weighted by Gasteiger charge is -2.19. The predicted octanol–water partition coefficient (Wildman–Crippen LogP) is 2.01. The fourth-order valence-electron chi connectivity index (χ4n) is 2.34. The van der Waals surface area contributed by atoms with E-state index in [9.17, 15) is 12.8 Å². The third kappa shape index (κ3) is 3.45. The van der Waals surface area contributed by atoms with Gasteiger partial charge in [0.2, 0.25) is 0 Å². The van der Waals surface area contributed by atoms with Crippen LogP contribution in [0.2, 0.25) is 0 Å². The van der Waals surface area contributed by atoms with Crippen LogP contribution in [0.25, 0.3) is 0 Å². The van der Waals surface area contributed by atoms with Gasteiger partial charge in [-0.1, -0.05) is 0 Å². The molecule has 3 nitrogen and oxygen atoms in total. The maximum atomic E-state index is 13.0. The topological polar surface area (TPSA) is 37.4 Å². The molecule has 0 amide bonds. The van der Waals surface area contributed by atoms with Gasteiger partial charge in [-0.15, -0.1) is 0 Å². The smallest absolute Gasteiger partial charge is 0.147 e. The normalized spacial score (nSPS) is 14.9. The number of fused-ring (bicyclic) bond motifs is 1. The van der Waals surface area contributed by atoms with Gasteiger partial charge in [0.05, 0.1) is 0 Å².